The lowest BCUT2D eigenvalue weighted by molar-refractivity contribution is -0.140. The largest absolute Gasteiger partial charge is 0.481 e. The molecule has 8 heteroatoms. The zero-order valence-corrected chi connectivity index (χ0v) is 11.6. The van der Waals surface area contributed by atoms with Gasteiger partial charge < -0.3 is 25.5 Å². The third-order valence-electron chi connectivity index (χ3n) is 4.35. The van der Waals surface area contributed by atoms with Crippen LogP contribution in [0.15, 0.2) is 0 Å². The minimum Gasteiger partial charge on any atom is -0.481 e. The van der Waals surface area contributed by atoms with Gasteiger partial charge >= 0.3 is 18.0 Å². The quantitative estimate of drug-likeness (QED) is 0.553. The number of aliphatic hydroxyl groups is 1. The van der Waals surface area contributed by atoms with Crippen molar-refractivity contribution < 1.29 is 29.7 Å². The molecule has 2 amide bonds. The summed E-state index contributed by atoms with van der Waals surface area (Å²) in [5.74, 6) is -2.01. The Morgan fingerprint density at radius 1 is 1.19 bits per heavy atom. The summed E-state index contributed by atoms with van der Waals surface area (Å²) < 4.78 is 0. The van der Waals surface area contributed by atoms with Crippen LogP contribution in [-0.4, -0.2) is 63.4 Å². The molecule has 4 N–H and O–H groups in total. The average Bonchev–Trinajstić information content (AvgIpc) is 2.96. The number of carboxylic acid groups (broad SMARTS) is 2. The van der Waals surface area contributed by atoms with Gasteiger partial charge in [-0.05, 0) is 25.2 Å². The van der Waals surface area contributed by atoms with E-state index in [-0.39, 0.29) is 24.7 Å². The second-order valence-electron chi connectivity index (χ2n) is 5.75. The number of carbonyl (C=O) groups is 3. The predicted octanol–water partition coefficient (Wildman–Crippen LogP) is -0.283. The van der Waals surface area contributed by atoms with Gasteiger partial charge in [0.25, 0.3) is 0 Å². The smallest absolute Gasteiger partial charge is 0.326 e. The van der Waals surface area contributed by atoms with E-state index in [2.05, 4.69) is 5.32 Å². The maximum atomic E-state index is 12.1. The Morgan fingerprint density at radius 2 is 1.90 bits per heavy atom. The first-order valence-electron chi connectivity index (χ1n) is 7.06. The van der Waals surface area contributed by atoms with Gasteiger partial charge in [0.15, 0.2) is 0 Å². The lowest BCUT2D eigenvalue weighted by Crippen LogP contribution is -2.47. The minimum absolute atomic E-state index is 0.0676. The van der Waals surface area contributed by atoms with Crippen molar-refractivity contribution in [2.45, 2.75) is 37.8 Å². The lowest BCUT2D eigenvalue weighted by Gasteiger charge is -2.22. The van der Waals surface area contributed by atoms with Crippen molar-refractivity contribution in [3.63, 3.8) is 0 Å². The maximum Gasteiger partial charge on any atom is 0.326 e. The number of carboxylic acids is 2. The third kappa shape index (κ3) is 3.63. The van der Waals surface area contributed by atoms with Crippen molar-refractivity contribution >= 4 is 18.0 Å². The number of urea groups is 1. The van der Waals surface area contributed by atoms with E-state index in [0.29, 0.717) is 13.1 Å². The van der Waals surface area contributed by atoms with Gasteiger partial charge in [0.1, 0.15) is 6.04 Å². The molecule has 0 radical (unpaired) electrons. The van der Waals surface area contributed by atoms with E-state index in [9.17, 15) is 19.5 Å². The first-order valence-corrected chi connectivity index (χ1v) is 7.06. The number of aliphatic carboxylic acids is 2. The van der Waals surface area contributed by atoms with Crippen molar-refractivity contribution in [1.29, 1.82) is 0 Å². The van der Waals surface area contributed by atoms with E-state index in [4.69, 9.17) is 10.2 Å². The lowest BCUT2D eigenvalue weighted by atomic mass is 10.00. The summed E-state index contributed by atoms with van der Waals surface area (Å²) >= 11 is 0. The predicted molar refractivity (Wildman–Crippen MR) is 70.6 cm³/mol. The summed E-state index contributed by atoms with van der Waals surface area (Å²) in [5, 5.41) is 29.8. The molecule has 0 aromatic heterocycles. The van der Waals surface area contributed by atoms with Gasteiger partial charge in [-0.2, -0.15) is 0 Å². The van der Waals surface area contributed by atoms with E-state index >= 15 is 0 Å². The number of carbonyl (C=O) groups excluding carboxylic acids is 1. The van der Waals surface area contributed by atoms with Crippen LogP contribution in [0.2, 0.25) is 0 Å². The highest BCUT2D eigenvalue weighted by atomic mass is 16.4. The summed E-state index contributed by atoms with van der Waals surface area (Å²) in [6.07, 6.45) is 0.758. The van der Waals surface area contributed by atoms with Crippen molar-refractivity contribution in [3.05, 3.63) is 0 Å². The summed E-state index contributed by atoms with van der Waals surface area (Å²) in [7, 11) is 0. The molecule has 1 saturated carbocycles. The highest BCUT2D eigenvalue weighted by Crippen LogP contribution is 2.37. The van der Waals surface area contributed by atoms with Gasteiger partial charge in [-0.1, -0.05) is 0 Å². The van der Waals surface area contributed by atoms with Gasteiger partial charge in [0.2, 0.25) is 0 Å². The van der Waals surface area contributed by atoms with E-state index < -0.39 is 30.1 Å². The molecule has 0 bridgehead atoms. The molecule has 2 aliphatic rings. The highest BCUT2D eigenvalue weighted by Gasteiger charge is 2.43. The van der Waals surface area contributed by atoms with Crippen LogP contribution >= 0.6 is 0 Å². The maximum absolute atomic E-state index is 12.1. The van der Waals surface area contributed by atoms with Crippen LogP contribution in [0, 0.1) is 11.8 Å². The number of rotatable bonds is 5. The average molecular weight is 300 g/mol. The van der Waals surface area contributed by atoms with Crippen LogP contribution in [0.1, 0.15) is 25.7 Å². The third-order valence-corrected chi connectivity index (χ3v) is 4.35. The molecule has 0 spiro atoms. The van der Waals surface area contributed by atoms with Crippen LogP contribution in [0.4, 0.5) is 4.79 Å². The topological polar surface area (TPSA) is 127 Å². The van der Waals surface area contributed by atoms with E-state index in [1.807, 2.05) is 0 Å². The fourth-order valence-corrected chi connectivity index (χ4v) is 3.17. The number of nitrogens with zero attached hydrogens (tertiary/aromatic N) is 1. The normalized spacial score (nSPS) is 29.0. The fraction of sp³-hybridized carbons (Fsp3) is 0.769. The Labute approximate surface area is 121 Å². The molecule has 0 aromatic carbocycles. The number of hydrogen-bond donors (Lipinski definition) is 4. The van der Waals surface area contributed by atoms with Crippen LogP contribution in [-0.2, 0) is 9.59 Å². The molecular formula is C13H20N2O6. The van der Waals surface area contributed by atoms with E-state index in [1.165, 1.54) is 4.90 Å². The van der Waals surface area contributed by atoms with Crippen molar-refractivity contribution in [1.82, 2.24) is 10.2 Å². The number of nitrogens with one attached hydrogen (secondary N) is 1. The molecule has 1 aliphatic carbocycles. The van der Waals surface area contributed by atoms with Gasteiger partial charge in [0.05, 0.1) is 6.10 Å². The Morgan fingerprint density at radius 3 is 2.48 bits per heavy atom. The molecule has 4 unspecified atom stereocenters. The zero-order chi connectivity index (χ0) is 15.6. The number of amides is 2. The first kappa shape index (κ1) is 15.6. The number of likely N-dealkylation sites (tertiary alicyclic amines) is 1. The molecule has 1 aliphatic heterocycles. The van der Waals surface area contributed by atoms with Crippen LogP contribution in [0.5, 0.6) is 0 Å². The van der Waals surface area contributed by atoms with E-state index in [0.717, 1.165) is 12.8 Å². The zero-order valence-electron chi connectivity index (χ0n) is 11.6. The van der Waals surface area contributed by atoms with Crippen molar-refractivity contribution in [3.8, 4) is 0 Å². The second kappa shape index (κ2) is 6.30. The molecule has 21 heavy (non-hydrogen) atoms. The van der Waals surface area contributed by atoms with Crippen molar-refractivity contribution in [2.24, 2.45) is 11.8 Å². The van der Waals surface area contributed by atoms with Gasteiger partial charge in [-0.25, -0.2) is 9.59 Å². The number of hydrogen-bond acceptors (Lipinski definition) is 4. The monoisotopic (exact) mass is 300 g/mol. The van der Waals surface area contributed by atoms with Gasteiger partial charge in [-0.3, -0.25) is 4.79 Å². The second-order valence-corrected chi connectivity index (χ2v) is 5.75. The van der Waals surface area contributed by atoms with Gasteiger partial charge in [-0.15, -0.1) is 0 Å². The molecule has 1 heterocycles. The molecule has 0 aromatic rings. The molecule has 2 fully saturated rings. The number of aliphatic hydroxyl groups excluding tert-OH is 1. The molecule has 1 saturated heterocycles. The van der Waals surface area contributed by atoms with Crippen LogP contribution in [0.3, 0.4) is 0 Å². The Bertz CT molecular complexity index is 440. The first-order chi connectivity index (χ1) is 9.88. The van der Waals surface area contributed by atoms with Crippen molar-refractivity contribution in [2.75, 3.05) is 13.1 Å². The van der Waals surface area contributed by atoms with Crippen LogP contribution in [0.25, 0.3) is 0 Å². The van der Waals surface area contributed by atoms with E-state index in [1.54, 1.807) is 0 Å². The summed E-state index contributed by atoms with van der Waals surface area (Å²) in [5.41, 5.74) is 0. The summed E-state index contributed by atoms with van der Waals surface area (Å²) in [4.78, 5) is 35.1. The Hall–Kier alpha value is -1.83. The highest BCUT2D eigenvalue weighted by molar-refractivity contribution is 5.83. The molecular weight excluding hydrogens is 280 g/mol. The summed E-state index contributed by atoms with van der Waals surface area (Å²) in [6, 6.07) is -1.71. The van der Waals surface area contributed by atoms with Crippen LogP contribution < -0.4 is 5.32 Å². The molecule has 8 nitrogen and oxygen atoms in total. The minimum atomic E-state index is -1.25. The standard InChI is InChI=1S/C13H20N2O6/c16-10-3-1-7-5-15(6-8(7)10)13(21)14-9(12(19)20)2-4-11(17)18/h7-10,16H,1-6H2,(H,14,21)(H,17,18)(H,19,20). The molecule has 4 atom stereocenters. The Kier molecular flexibility index (Phi) is 4.66. The molecule has 2 rings (SSSR count). The SMILES string of the molecule is O=C(O)CCC(NC(=O)N1CC2CCC(O)C2C1)C(=O)O. The number of fused-ring (bicyclic) bond motifs is 1. The summed E-state index contributed by atoms with van der Waals surface area (Å²) in [6.45, 7) is 0.932. The Balaban J connectivity index is 1.88. The van der Waals surface area contributed by atoms with Gasteiger partial charge in [0, 0.05) is 25.4 Å². The fourth-order valence-electron chi connectivity index (χ4n) is 3.17. The molecule has 118 valence electrons.